The van der Waals surface area contributed by atoms with Gasteiger partial charge in [0.1, 0.15) is 5.75 Å². The molecule has 0 N–H and O–H groups in total. The lowest BCUT2D eigenvalue weighted by atomic mass is 9.91. The first-order chi connectivity index (χ1) is 11.0. The van der Waals surface area contributed by atoms with Crippen LogP contribution in [0.15, 0.2) is 36.9 Å². The number of fused-ring (bicyclic) bond motifs is 1. The van der Waals surface area contributed by atoms with Crippen molar-refractivity contribution in [2.45, 2.75) is 19.8 Å². The Balaban J connectivity index is 2.21. The van der Waals surface area contributed by atoms with Crippen molar-refractivity contribution < 1.29 is 9.53 Å². The maximum atomic E-state index is 12.5. The van der Waals surface area contributed by atoms with Crippen molar-refractivity contribution in [1.29, 1.82) is 0 Å². The Labute approximate surface area is 136 Å². The van der Waals surface area contributed by atoms with Crippen molar-refractivity contribution in [3.63, 3.8) is 0 Å². The van der Waals surface area contributed by atoms with Crippen LogP contribution in [0.1, 0.15) is 36.6 Å². The van der Waals surface area contributed by atoms with Crippen molar-refractivity contribution >= 4 is 11.5 Å². The third-order valence-electron chi connectivity index (χ3n) is 4.11. The first kappa shape index (κ1) is 15.3. The number of rotatable bonds is 3. The summed E-state index contributed by atoms with van der Waals surface area (Å²) in [5.41, 5.74) is 3.78. The fourth-order valence-electron chi connectivity index (χ4n) is 2.92. The van der Waals surface area contributed by atoms with Crippen LogP contribution in [-0.4, -0.2) is 34.0 Å². The van der Waals surface area contributed by atoms with Gasteiger partial charge in [-0.25, -0.2) is 4.98 Å². The largest absolute Gasteiger partial charge is 0.494 e. The summed E-state index contributed by atoms with van der Waals surface area (Å²) in [6.45, 7) is 4.50. The number of ether oxygens (including phenoxy) is 1. The normalized spacial score (nSPS) is 17.6. The second kappa shape index (κ2) is 5.91. The maximum Gasteiger partial charge on any atom is 0.233 e. The van der Waals surface area contributed by atoms with Crippen molar-refractivity contribution in [3.8, 4) is 5.75 Å². The molecule has 0 unspecified atom stereocenters. The predicted octanol–water partition coefficient (Wildman–Crippen LogP) is 2.78. The Morgan fingerprint density at radius 3 is 2.74 bits per heavy atom. The van der Waals surface area contributed by atoms with Gasteiger partial charge in [0.15, 0.2) is 0 Å². The maximum absolute atomic E-state index is 12.5. The minimum absolute atomic E-state index is 0.0707. The quantitative estimate of drug-likeness (QED) is 0.875. The van der Waals surface area contributed by atoms with Crippen molar-refractivity contribution in [2.24, 2.45) is 7.05 Å². The van der Waals surface area contributed by atoms with Crippen LogP contribution in [0.2, 0.25) is 0 Å². The minimum atomic E-state index is -0.205. The highest BCUT2D eigenvalue weighted by atomic mass is 16.5. The summed E-state index contributed by atoms with van der Waals surface area (Å²) in [5, 5.41) is 0. The average Bonchev–Trinajstić information content (AvgIpc) is 2.94. The fraction of sp³-hybridized carbons (Fsp3) is 0.333. The second-order valence-electron chi connectivity index (χ2n) is 5.82. The molecule has 0 spiro atoms. The zero-order valence-corrected chi connectivity index (χ0v) is 13.9. The molecule has 5 heteroatoms. The predicted molar refractivity (Wildman–Crippen MR) is 89.1 cm³/mol. The van der Waals surface area contributed by atoms with Crippen LogP contribution in [0.25, 0.3) is 5.57 Å². The minimum Gasteiger partial charge on any atom is -0.494 e. The topological polar surface area (TPSA) is 47.4 Å². The summed E-state index contributed by atoms with van der Waals surface area (Å²) in [6, 6.07) is 5.91. The van der Waals surface area contributed by atoms with Crippen LogP contribution in [0.5, 0.6) is 5.75 Å². The number of benzene rings is 1. The van der Waals surface area contributed by atoms with Crippen LogP contribution in [0, 0.1) is 0 Å². The van der Waals surface area contributed by atoms with E-state index in [-0.39, 0.29) is 11.8 Å². The van der Waals surface area contributed by atoms with Gasteiger partial charge < -0.3 is 14.2 Å². The smallest absolute Gasteiger partial charge is 0.233 e. The molecule has 1 amide bonds. The molecule has 0 saturated carbocycles. The SMILES string of the molecule is CCOc1ccc2c(c1)C(c1cn(C)cn1)=CN(C)C(=O)[C@@H]2C. The van der Waals surface area contributed by atoms with Crippen LogP contribution < -0.4 is 4.74 Å². The number of hydrogen-bond acceptors (Lipinski definition) is 3. The number of carbonyl (C=O) groups is 1. The highest BCUT2D eigenvalue weighted by Gasteiger charge is 2.27. The summed E-state index contributed by atoms with van der Waals surface area (Å²) < 4.78 is 7.54. The van der Waals surface area contributed by atoms with Gasteiger partial charge in [-0.05, 0) is 37.1 Å². The van der Waals surface area contributed by atoms with Crippen LogP contribution in [0.4, 0.5) is 0 Å². The highest BCUT2D eigenvalue weighted by molar-refractivity contribution is 5.92. The lowest BCUT2D eigenvalue weighted by Gasteiger charge is -2.16. The number of amides is 1. The Bertz CT molecular complexity index is 776. The van der Waals surface area contributed by atoms with Gasteiger partial charge in [-0.15, -0.1) is 0 Å². The van der Waals surface area contributed by atoms with E-state index in [0.717, 1.165) is 28.1 Å². The molecule has 2 heterocycles. The molecule has 1 aliphatic heterocycles. The molecule has 2 aromatic rings. The molecule has 0 aliphatic carbocycles. The van der Waals surface area contributed by atoms with Gasteiger partial charge in [-0.3, -0.25) is 4.79 Å². The number of aryl methyl sites for hydroxylation is 1. The van der Waals surface area contributed by atoms with Crippen LogP contribution >= 0.6 is 0 Å². The molecule has 1 aromatic carbocycles. The van der Waals surface area contributed by atoms with Gasteiger partial charge in [0.25, 0.3) is 0 Å². The van der Waals surface area contributed by atoms with Gasteiger partial charge in [0, 0.05) is 32.1 Å². The molecule has 0 fully saturated rings. The zero-order chi connectivity index (χ0) is 16.6. The molecule has 1 aromatic heterocycles. The molecule has 1 atom stereocenters. The molecule has 1 aliphatic rings. The number of aromatic nitrogens is 2. The molecule has 120 valence electrons. The molecular formula is C18H21N3O2. The second-order valence-corrected chi connectivity index (χ2v) is 5.82. The molecule has 5 nitrogen and oxygen atoms in total. The van der Waals surface area contributed by atoms with Gasteiger partial charge in [-0.1, -0.05) is 6.07 Å². The first-order valence-corrected chi connectivity index (χ1v) is 7.75. The van der Waals surface area contributed by atoms with Crippen LogP contribution in [0.3, 0.4) is 0 Å². The van der Waals surface area contributed by atoms with E-state index in [1.54, 1.807) is 18.3 Å². The molecular weight excluding hydrogens is 290 g/mol. The van der Waals surface area contributed by atoms with E-state index in [0.29, 0.717) is 6.61 Å². The first-order valence-electron chi connectivity index (χ1n) is 7.75. The Hall–Kier alpha value is -2.56. The van der Waals surface area contributed by atoms with E-state index in [4.69, 9.17) is 4.74 Å². The summed E-state index contributed by atoms with van der Waals surface area (Å²) >= 11 is 0. The average molecular weight is 311 g/mol. The summed E-state index contributed by atoms with van der Waals surface area (Å²) in [5.74, 6) is 0.668. The molecule has 0 saturated heterocycles. The van der Waals surface area contributed by atoms with E-state index in [2.05, 4.69) is 4.98 Å². The third kappa shape index (κ3) is 2.74. The van der Waals surface area contributed by atoms with E-state index in [1.165, 1.54) is 0 Å². The Morgan fingerprint density at radius 1 is 1.30 bits per heavy atom. The Morgan fingerprint density at radius 2 is 2.09 bits per heavy atom. The van der Waals surface area contributed by atoms with Crippen molar-refractivity contribution in [3.05, 3.63) is 53.7 Å². The number of hydrogen-bond donors (Lipinski definition) is 0. The van der Waals surface area contributed by atoms with Crippen molar-refractivity contribution in [1.82, 2.24) is 14.5 Å². The summed E-state index contributed by atoms with van der Waals surface area (Å²) in [7, 11) is 3.72. The monoisotopic (exact) mass is 311 g/mol. The zero-order valence-electron chi connectivity index (χ0n) is 13.9. The fourth-order valence-corrected chi connectivity index (χ4v) is 2.92. The number of carbonyl (C=O) groups excluding carboxylic acids is 1. The lowest BCUT2D eigenvalue weighted by Crippen LogP contribution is -2.24. The highest BCUT2D eigenvalue weighted by Crippen LogP contribution is 2.36. The van der Waals surface area contributed by atoms with E-state index in [9.17, 15) is 4.79 Å². The van der Waals surface area contributed by atoms with Gasteiger partial charge in [0.05, 0.1) is 24.5 Å². The van der Waals surface area contributed by atoms with Gasteiger partial charge in [-0.2, -0.15) is 0 Å². The summed E-state index contributed by atoms with van der Waals surface area (Å²) in [6.07, 6.45) is 5.58. The molecule has 0 bridgehead atoms. The number of nitrogens with zero attached hydrogens (tertiary/aromatic N) is 3. The van der Waals surface area contributed by atoms with E-state index in [1.807, 2.05) is 56.1 Å². The van der Waals surface area contributed by atoms with Gasteiger partial charge in [0.2, 0.25) is 5.91 Å². The van der Waals surface area contributed by atoms with Crippen molar-refractivity contribution in [2.75, 3.05) is 13.7 Å². The van der Waals surface area contributed by atoms with Crippen LogP contribution in [-0.2, 0) is 11.8 Å². The lowest BCUT2D eigenvalue weighted by molar-refractivity contribution is -0.128. The summed E-state index contributed by atoms with van der Waals surface area (Å²) in [4.78, 5) is 18.6. The standard InChI is InChI=1S/C18H21N3O2/c1-5-23-13-6-7-14-12(2)18(22)21(4)9-16(15(14)8-13)17-10-20(3)11-19-17/h6-12H,5H2,1-4H3/t12-/m1/s1. The van der Waals surface area contributed by atoms with E-state index < -0.39 is 0 Å². The number of imidazole rings is 1. The van der Waals surface area contributed by atoms with Gasteiger partial charge >= 0.3 is 0 Å². The van der Waals surface area contributed by atoms with E-state index >= 15 is 0 Å². The molecule has 23 heavy (non-hydrogen) atoms. The third-order valence-corrected chi connectivity index (χ3v) is 4.11. The molecule has 0 radical (unpaired) electrons. The Kier molecular flexibility index (Phi) is 3.94. The molecule has 3 rings (SSSR count). The number of likely N-dealkylation sites (N-methyl/N-ethyl adjacent to an activating group) is 1.